The van der Waals surface area contributed by atoms with Crippen molar-refractivity contribution in [1.82, 2.24) is 15.2 Å². The Labute approximate surface area is 115 Å². The molecule has 5 heteroatoms. The number of aromatic nitrogens is 1. The van der Waals surface area contributed by atoms with Crippen molar-refractivity contribution in [3.63, 3.8) is 0 Å². The molecule has 2 rings (SSSR count). The third-order valence-corrected chi connectivity index (χ3v) is 3.30. The lowest BCUT2D eigenvalue weighted by Gasteiger charge is -2.37. The Hall–Kier alpha value is -1.78. The first-order valence-corrected chi connectivity index (χ1v) is 6.96. The third kappa shape index (κ3) is 3.59. The summed E-state index contributed by atoms with van der Waals surface area (Å²) in [6, 6.07) is 6.06. The zero-order chi connectivity index (χ0) is 13.5. The Balaban J connectivity index is 1.88. The number of anilines is 1. The van der Waals surface area contributed by atoms with Gasteiger partial charge in [-0.05, 0) is 18.6 Å². The highest BCUT2D eigenvalue weighted by molar-refractivity contribution is 5.80. The minimum atomic E-state index is 0.979. The van der Waals surface area contributed by atoms with Crippen LogP contribution in [-0.4, -0.2) is 55.6 Å². The zero-order valence-electron chi connectivity index (χ0n) is 11.8. The van der Waals surface area contributed by atoms with E-state index in [9.17, 15) is 0 Å². The highest BCUT2D eigenvalue weighted by Gasteiger charge is 2.19. The van der Waals surface area contributed by atoms with Crippen molar-refractivity contribution in [1.29, 1.82) is 0 Å². The largest absolute Gasteiger partial charge is 0.356 e. The van der Waals surface area contributed by atoms with Gasteiger partial charge in [-0.2, -0.15) is 0 Å². The summed E-state index contributed by atoms with van der Waals surface area (Å²) < 4.78 is 0. The van der Waals surface area contributed by atoms with Crippen molar-refractivity contribution < 1.29 is 0 Å². The lowest BCUT2D eigenvalue weighted by Crippen LogP contribution is -2.52. The van der Waals surface area contributed by atoms with Gasteiger partial charge in [-0.3, -0.25) is 4.99 Å². The number of aliphatic imine (C=N–C) groups is 1. The number of nitrogens with zero attached hydrogens (tertiary/aromatic N) is 4. The molecule has 1 saturated heterocycles. The van der Waals surface area contributed by atoms with Crippen LogP contribution in [0.3, 0.4) is 0 Å². The lowest BCUT2D eigenvalue weighted by molar-refractivity contribution is 0.371. The van der Waals surface area contributed by atoms with Gasteiger partial charge in [0.25, 0.3) is 0 Å². The lowest BCUT2D eigenvalue weighted by atomic mass is 10.3. The van der Waals surface area contributed by atoms with E-state index in [2.05, 4.69) is 38.1 Å². The van der Waals surface area contributed by atoms with Crippen molar-refractivity contribution in [2.75, 3.05) is 44.7 Å². The summed E-state index contributed by atoms with van der Waals surface area (Å²) in [5, 5.41) is 3.39. The van der Waals surface area contributed by atoms with E-state index in [0.29, 0.717) is 0 Å². The first kappa shape index (κ1) is 13.6. The van der Waals surface area contributed by atoms with Gasteiger partial charge in [-0.1, -0.05) is 13.0 Å². The molecule has 0 radical (unpaired) electrons. The van der Waals surface area contributed by atoms with Crippen LogP contribution in [0.15, 0.2) is 29.4 Å². The van der Waals surface area contributed by atoms with Crippen LogP contribution in [0.4, 0.5) is 5.82 Å². The second-order valence-corrected chi connectivity index (χ2v) is 4.64. The molecule has 0 amide bonds. The maximum atomic E-state index is 4.40. The van der Waals surface area contributed by atoms with Crippen molar-refractivity contribution >= 4 is 11.8 Å². The van der Waals surface area contributed by atoms with Crippen molar-refractivity contribution in [3.8, 4) is 0 Å². The summed E-state index contributed by atoms with van der Waals surface area (Å²) in [5.41, 5.74) is 0. The molecule has 0 spiro atoms. The maximum absolute atomic E-state index is 4.40. The van der Waals surface area contributed by atoms with E-state index in [0.717, 1.165) is 50.9 Å². The first-order chi connectivity index (χ1) is 9.35. The van der Waals surface area contributed by atoms with Gasteiger partial charge >= 0.3 is 0 Å². The summed E-state index contributed by atoms with van der Waals surface area (Å²) in [4.78, 5) is 13.4. The van der Waals surface area contributed by atoms with E-state index in [1.54, 1.807) is 0 Å². The van der Waals surface area contributed by atoms with Crippen LogP contribution in [-0.2, 0) is 0 Å². The van der Waals surface area contributed by atoms with Gasteiger partial charge in [-0.25, -0.2) is 4.98 Å². The monoisotopic (exact) mass is 261 g/mol. The zero-order valence-corrected chi connectivity index (χ0v) is 11.8. The minimum Gasteiger partial charge on any atom is -0.356 e. The van der Waals surface area contributed by atoms with E-state index in [1.807, 2.05) is 25.4 Å². The predicted octanol–water partition coefficient (Wildman–Crippen LogP) is 1.19. The number of hydrogen-bond donors (Lipinski definition) is 1. The van der Waals surface area contributed by atoms with Crippen LogP contribution in [0.5, 0.6) is 0 Å². The molecule has 1 aromatic rings. The Kier molecular flexibility index (Phi) is 5.01. The second-order valence-electron chi connectivity index (χ2n) is 4.64. The quantitative estimate of drug-likeness (QED) is 0.656. The first-order valence-electron chi connectivity index (χ1n) is 6.96. The molecule has 0 saturated carbocycles. The summed E-state index contributed by atoms with van der Waals surface area (Å²) >= 11 is 0. The molecule has 2 heterocycles. The Morgan fingerprint density at radius 2 is 2.11 bits per heavy atom. The van der Waals surface area contributed by atoms with Crippen molar-refractivity contribution in [2.45, 2.75) is 13.3 Å². The number of pyridine rings is 1. The van der Waals surface area contributed by atoms with E-state index in [-0.39, 0.29) is 0 Å². The number of rotatable bonds is 3. The molecule has 0 aliphatic carbocycles. The van der Waals surface area contributed by atoms with Gasteiger partial charge in [0.1, 0.15) is 5.82 Å². The summed E-state index contributed by atoms with van der Waals surface area (Å²) in [6.07, 6.45) is 2.97. The van der Waals surface area contributed by atoms with E-state index in [4.69, 9.17) is 0 Å². The van der Waals surface area contributed by atoms with Crippen LogP contribution in [0.25, 0.3) is 0 Å². The Morgan fingerprint density at radius 3 is 2.68 bits per heavy atom. The molecule has 1 aromatic heterocycles. The van der Waals surface area contributed by atoms with Gasteiger partial charge < -0.3 is 15.1 Å². The average Bonchev–Trinajstić information content (AvgIpc) is 2.49. The number of guanidine groups is 1. The van der Waals surface area contributed by atoms with Crippen LogP contribution < -0.4 is 10.2 Å². The molecule has 0 atom stereocenters. The van der Waals surface area contributed by atoms with Crippen LogP contribution in [0.1, 0.15) is 13.3 Å². The number of nitrogens with one attached hydrogen (secondary N) is 1. The van der Waals surface area contributed by atoms with Gasteiger partial charge in [-0.15, -0.1) is 0 Å². The third-order valence-electron chi connectivity index (χ3n) is 3.30. The molecule has 1 aliphatic heterocycles. The smallest absolute Gasteiger partial charge is 0.193 e. The normalized spacial score (nSPS) is 16.6. The van der Waals surface area contributed by atoms with E-state index >= 15 is 0 Å². The highest BCUT2D eigenvalue weighted by atomic mass is 15.4. The number of hydrogen-bond acceptors (Lipinski definition) is 3. The highest BCUT2D eigenvalue weighted by Crippen LogP contribution is 2.12. The topological polar surface area (TPSA) is 43.8 Å². The molecule has 104 valence electrons. The van der Waals surface area contributed by atoms with E-state index < -0.39 is 0 Å². The Morgan fingerprint density at radius 1 is 1.32 bits per heavy atom. The average molecular weight is 261 g/mol. The standard InChI is InChI=1S/C14H23N5/c1-3-7-17-14(15-2)19-11-9-18(10-12-19)13-6-4-5-8-16-13/h4-6,8H,3,7,9-12H2,1-2H3,(H,15,17). The van der Waals surface area contributed by atoms with E-state index in [1.165, 1.54) is 0 Å². The fraction of sp³-hybridized carbons (Fsp3) is 0.571. The molecule has 0 unspecified atom stereocenters. The van der Waals surface area contributed by atoms with Gasteiger partial charge in [0.15, 0.2) is 5.96 Å². The predicted molar refractivity (Wildman–Crippen MR) is 79.7 cm³/mol. The molecule has 5 nitrogen and oxygen atoms in total. The molecule has 0 bridgehead atoms. The Bertz CT molecular complexity index is 396. The van der Waals surface area contributed by atoms with Crippen molar-refractivity contribution in [3.05, 3.63) is 24.4 Å². The summed E-state index contributed by atoms with van der Waals surface area (Å²) in [5.74, 6) is 2.08. The van der Waals surface area contributed by atoms with Crippen LogP contribution >= 0.6 is 0 Å². The summed E-state index contributed by atoms with van der Waals surface area (Å²) in [7, 11) is 1.85. The molecular formula is C14H23N5. The SMILES string of the molecule is CCCNC(=NC)N1CCN(c2ccccn2)CC1. The molecular weight excluding hydrogens is 238 g/mol. The molecule has 0 aromatic carbocycles. The number of piperazine rings is 1. The molecule has 1 aliphatic rings. The summed E-state index contributed by atoms with van der Waals surface area (Å²) in [6.45, 7) is 7.10. The van der Waals surface area contributed by atoms with Gasteiger partial charge in [0, 0.05) is 46.0 Å². The molecule has 19 heavy (non-hydrogen) atoms. The van der Waals surface area contributed by atoms with Crippen LogP contribution in [0.2, 0.25) is 0 Å². The fourth-order valence-corrected chi connectivity index (χ4v) is 2.26. The minimum absolute atomic E-state index is 0.979. The molecule has 1 N–H and O–H groups in total. The van der Waals surface area contributed by atoms with Crippen LogP contribution in [0, 0.1) is 0 Å². The molecule has 1 fully saturated rings. The van der Waals surface area contributed by atoms with Crippen molar-refractivity contribution in [2.24, 2.45) is 4.99 Å². The fourth-order valence-electron chi connectivity index (χ4n) is 2.26. The van der Waals surface area contributed by atoms with Gasteiger partial charge in [0.2, 0.25) is 0 Å². The van der Waals surface area contributed by atoms with Gasteiger partial charge in [0.05, 0.1) is 0 Å². The second kappa shape index (κ2) is 6.97. The maximum Gasteiger partial charge on any atom is 0.193 e.